The number of halogens is 1. The summed E-state index contributed by atoms with van der Waals surface area (Å²) in [7, 11) is 9.09. The van der Waals surface area contributed by atoms with Gasteiger partial charge in [0.15, 0.2) is 17.5 Å². The summed E-state index contributed by atoms with van der Waals surface area (Å²) in [6, 6.07) is 36.5. The number of aliphatic imine (C=N–C) groups is 3. The van der Waals surface area contributed by atoms with Crippen molar-refractivity contribution in [3.05, 3.63) is 187 Å². The standard InChI is InChI=1S/C10H7Cl.3C8H7N3.3C8H18O.C5H9NO.3C4H10O.3C4H9.C3H6O.3CH5P.6CH4.6H2O.3O.6Ti/c11-10-6-5-8-3-1-2-4-9(8)7-10;3*9-7-5-3-1-2-4-6(5)8(10)11-7;3*1-3-5-7-9-8-6-4-2;1-6-4-2-3-5(6)7;3*1-2-3-4-5;3*1-3-4-2;1-2-3-4;3*1-2;;;;;;;;;;;;;;;;;;;;;/h1-7H;3*1-4H,(H3,9,10,11);3*3-8H2,1-2H3;2-4H2,1H3;3*5H,2-4H2,1H3;3*1,3-4H2,2H3;2,4H,1,3H2;3*2H2,1H3;6*1H4;6*1H2;;;;;;;;;/q;;;;;;;;;;;3*-1;;;;;;;;;;;;;;;;;;;;;;;;;. The average molecular weight is 2220 g/mol. The summed E-state index contributed by atoms with van der Waals surface area (Å²) in [6.07, 6.45) is 30.9. The number of amides is 1. The van der Waals surface area contributed by atoms with Crippen LogP contribution in [0.3, 0.4) is 0 Å². The number of aliphatic hydroxyl groups excluding tert-OH is 4. The zero-order chi connectivity index (χ0) is 95.4. The molecule has 0 radical (unpaired) electrons. The second-order valence-corrected chi connectivity index (χ2v) is 25.2. The monoisotopic (exact) mass is 2220 g/mol. The molecule has 1 saturated heterocycles. The molecule has 27 nitrogen and oxygen atoms in total. The fraction of sp³-hybridized carbons (Fsp3) is 0.596. The minimum atomic E-state index is 0. The molecular formula is C99H205ClN10O17P3Ti6-3. The first kappa shape index (κ1) is 207. The third kappa shape index (κ3) is 145. The molecule has 5 aromatic carbocycles. The summed E-state index contributed by atoms with van der Waals surface area (Å²) in [4.78, 5) is 23.8. The summed E-state index contributed by atoms with van der Waals surface area (Å²) in [5.74, 6) is 2.43. The third-order valence-electron chi connectivity index (χ3n) is 14.7. The van der Waals surface area contributed by atoms with Gasteiger partial charge in [-0.25, -0.2) is 15.0 Å². The van der Waals surface area contributed by atoms with Crippen molar-refractivity contribution in [2.24, 2.45) is 32.2 Å². The van der Waals surface area contributed by atoms with E-state index >= 15 is 0 Å². The molecule has 136 heavy (non-hydrogen) atoms. The van der Waals surface area contributed by atoms with Crippen LogP contribution in [-0.4, -0.2) is 199 Å². The van der Waals surface area contributed by atoms with Gasteiger partial charge in [0.2, 0.25) is 5.91 Å². The maximum absolute atomic E-state index is 10.5. The molecule has 0 aliphatic carbocycles. The molecular weight excluding hydrogens is 2020 g/mol. The first-order valence-corrected chi connectivity index (χ1v) is 48.4. The number of unbranched alkanes of at least 4 members (excludes halogenated alkanes) is 12. The topological polar surface area (TPSA) is 556 Å². The van der Waals surface area contributed by atoms with Crippen LogP contribution in [0.2, 0.25) is 5.02 Å². The second-order valence-electron chi connectivity index (χ2n) is 24.8. The molecule has 5 aromatic rings. The molecule has 0 bridgehead atoms. The van der Waals surface area contributed by atoms with E-state index in [4.69, 9.17) is 89.6 Å². The van der Waals surface area contributed by atoms with E-state index < -0.39 is 0 Å². The Morgan fingerprint density at radius 1 is 0.397 bits per heavy atom. The zero-order valence-electron chi connectivity index (χ0n) is 82.3. The van der Waals surface area contributed by atoms with E-state index in [1.165, 1.54) is 113 Å². The van der Waals surface area contributed by atoms with Gasteiger partial charge in [-0.3, -0.25) is 21.0 Å². The van der Waals surface area contributed by atoms with E-state index in [2.05, 4.69) is 165 Å². The molecule has 802 valence electrons. The fourth-order valence-corrected chi connectivity index (χ4v) is 7.84. The number of nitrogens with one attached hydrogen (secondary N) is 3. The Morgan fingerprint density at radius 3 is 0.743 bits per heavy atom. The smallest absolute Gasteiger partial charge is 0 e. The molecule has 0 spiro atoms. The number of amidine groups is 6. The van der Waals surface area contributed by atoms with Crippen molar-refractivity contribution < 1.29 is 209 Å². The Bertz CT molecular complexity index is 2880. The van der Waals surface area contributed by atoms with Gasteiger partial charge in [-0.2, -0.15) is 19.3 Å². The number of fused-ring (bicyclic) bond motifs is 4. The van der Waals surface area contributed by atoms with Gasteiger partial charge in [-0.15, -0.1) is 34.3 Å². The van der Waals surface area contributed by atoms with Crippen LogP contribution in [0.25, 0.3) is 10.8 Å². The number of benzene rings is 5. The van der Waals surface area contributed by atoms with E-state index in [9.17, 15) is 4.79 Å². The number of carbonyl (C=O) groups excluding carboxylic acids is 1. The fourth-order valence-electron chi connectivity index (χ4n) is 7.66. The van der Waals surface area contributed by atoms with Crippen molar-refractivity contribution in [3.8, 4) is 0 Å². The van der Waals surface area contributed by atoms with Gasteiger partial charge in [0.05, 0.1) is 6.61 Å². The molecule has 1 fully saturated rings. The summed E-state index contributed by atoms with van der Waals surface area (Å²) in [6.45, 7) is 53.2. The molecule has 0 aromatic heterocycles. The predicted molar refractivity (Wildman–Crippen MR) is 585 cm³/mol. The molecule has 4 heterocycles. The number of ether oxygens (including phenoxy) is 3. The number of hydrogen-bond acceptors (Lipinski definition) is 17. The number of nitrogens with zero attached hydrogens (tertiary/aromatic N) is 4. The molecule has 3 unspecified atom stereocenters. The first-order valence-electron chi connectivity index (χ1n) is 42.6. The van der Waals surface area contributed by atoms with Gasteiger partial charge in [-0.05, 0) is 87.1 Å². The Kier molecular flexibility index (Phi) is 281. The van der Waals surface area contributed by atoms with Gasteiger partial charge >= 0.3 is 71.2 Å². The third-order valence-corrected chi connectivity index (χ3v) is 14.9. The number of rotatable bonds is 28. The zero-order valence-corrected chi connectivity index (χ0v) is 95.9. The number of nitrogens with two attached hydrogens (primary N) is 3. The Balaban J connectivity index is -0.0000000373. The van der Waals surface area contributed by atoms with E-state index in [-0.39, 0.29) is 167 Å². The van der Waals surface area contributed by atoms with Crippen LogP contribution >= 0.6 is 39.3 Å². The SMILES string of the molecule is C.C.C.C.C.C.C=CCO.CCCCO.CCCCO.CCCCO.CCCCOCCCC.CCCCOCCCC.CCCCOCCCC.CN1CCCC1=O.CP.CP.CP.Clc1ccc2ccccc2c1.N=C1N=C(N)c2ccccc21.N=C1N=C(N)c2ccccc21.N=C1N=C(N)c2ccccc21.O.O.O.O.O.O.[CH2-]CCC.[CH2-]CCC.[CH2-]CCC.[O]=[Ti].[O]=[Ti].[O]=[Ti].[Ti].[Ti].[Ti]. The number of carbonyl (C=O) groups is 1. The van der Waals surface area contributed by atoms with E-state index in [1.54, 1.807) is 4.90 Å². The minimum absolute atomic E-state index is 0. The summed E-state index contributed by atoms with van der Waals surface area (Å²) in [5.41, 5.74) is 21.7. The van der Waals surface area contributed by atoms with Crippen molar-refractivity contribution in [1.29, 1.82) is 16.2 Å². The van der Waals surface area contributed by atoms with Gasteiger partial charge in [0.1, 0.15) is 17.5 Å². The largest absolute Gasteiger partial charge is 0 e. The van der Waals surface area contributed by atoms with Crippen molar-refractivity contribution in [2.75, 3.05) is 99.7 Å². The van der Waals surface area contributed by atoms with Gasteiger partial charge in [-0.1, -0.05) is 345 Å². The van der Waals surface area contributed by atoms with Crippen LogP contribution in [0.1, 0.15) is 328 Å². The van der Waals surface area contributed by atoms with Crippen LogP contribution in [0.15, 0.2) is 143 Å². The molecule has 9 rings (SSSR count). The van der Waals surface area contributed by atoms with Crippen LogP contribution in [-0.2, 0) is 155 Å². The molecule has 37 heteroatoms. The average Bonchev–Trinajstić information content (AvgIpc) is 1.68. The van der Waals surface area contributed by atoms with Crippen LogP contribution in [0.5, 0.6) is 0 Å². The van der Waals surface area contributed by atoms with Gasteiger partial charge < -0.3 is 110 Å². The molecule has 3 atom stereocenters. The van der Waals surface area contributed by atoms with Crippen molar-refractivity contribution in [3.63, 3.8) is 0 Å². The van der Waals surface area contributed by atoms with Crippen molar-refractivity contribution in [1.82, 2.24) is 4.90 Å². The molecule has 1 amide bonds. The van der Waals surface area contributed by atoms with Gasteiger partial charge in [0, 0.05) is 183 Å². The number of hydrogen-bond donors (Lipinski definition) is 10. The molecule has 4 aliphatic rings. The van der Waals surface area contributed by atoms with E-state index in [1.807, 2.05) is 130 Å². The maximum atomic E-state index is 10.5. The van der Waals surface area contributed by atoms with Crippen molar-refractivity contribution in [2.45, 2.75) is 295 Å². The van der Waals surface area contributed by atoms with Crippen LogP contribution in [0.4, 0.5) is 0 Å². The molecule has 4 aliphatic heterocycles. The van der Waals surface area contributed by atoms with Crippen LogP contribution in [0, 0.1) is 37.0 Å². The number of likely N-dealkylation sites (tertiary alicyclic amines) is 1. The molecule has 25 N–H and O–H groups in total. The second kappa shape index (κ2) is 185. The number of aliphatic hydroxyl groups is 4. The summed E-state index contributed by atoms with van der Waals surface area (Å²) in [5, 5.41) is 57.4. The quantitative estimate of drug-likeness (QED) is 0.00732. The summed E-state index contributed by atoms with van der Waals surface area (Å²) < 4.78 is 40.7. The van der Waals surface area contributed by atoms with E-state index in [0.29, 0.717) is 43.2 Å². The first-order chi connectivity index (χ1) is 58.7. The Hall–Kier alpha value is -2.26. The molecule has 0 saturated carbocycles. The summed E-state index contributed by atoms with van der Waals surface area (Å²) >= 11 is 8.07. The minimum Gasteiger partial charge on any atom is 0 e. The van der Waals surface area contributed by atoms with Crippen molar-refractivity contribution >= 4 is 91.0 Å². The van der Waals surface area contributed by atoms with Gasteiger partial charge in [0.25, 0.3) is 0 Å². The Morgan fingerprint density at radius 2 is 0.596 bits per heavy atom. The Labute approximate surface area is 925 Å². The van der Waals surface area contributed by atoms with Crippen LogP contribution < -0.4 is 17.2 Å². The van der Waals surface area contributed by atoms with E-state index in [0.717, 1.165) is 216 Å². The predicted octanol–water partition coefficient (Wildman–Crippen LogP) is 21.1. The normalized spacial score (nSPS) is 9.41. The maximum Gasteiger partial charge on any atom is 0 e.